The number of Topliss-reactive ketones (excluding diaryl/α,β-unsaturated/α-hetero) is 1. The minimum atomic E-state index is -0.210. The highest BCUT2D eigenvalue weighted by molar-refractivity contribution is 6.07. The molecule has 0 aliphatic carbocycles. The summed E-state index contributed by atoms with van der Waals surface area (Å²) in [4.78, 5) is 19.1. The Morgan fingerprint density at radius 1 is 1.21 bits per heavy atom. The first-order valence-corrected chi connectivity index (χ1v) is 11.3. The zero-order valence-corrected chi connectivity index (χ0v) is 19.2. The fourth-order valence-corrected chi connectivity index (χ4v) is 4.63. The zero-order valence-electron chi connectivity index (χ0n) is 19.2. The number of fused-ring (bicyclic) bond motifs is 1. The number of carbonyl (C=O) groups is 1. The van der Waals surface area contributed by atoms with E-state index in [1.165, 1.54) is 11.1 Å². The van der Waals surface area contributed by atoms with Crippen molar-refractivity contribution in [2.24, 2.45) is 7.05 Å². The van der Waals surface area contributed by atoms with Crippen molar-refractivity contribution in [3.8, 4) is 5.82 Å². The summed E-state index contributed by atoms with van der Waals surface area (Å²) in [6, 6.07) is 11.9. The number of carbonyl (C=O) groups excluding carboxylic acids is 1. The SMILES string of the molecule is CC(=O)c1cn(C)c2ccc(Nc3cccc(-n4cc(C)c(CN5CC[C@@H](O)C5)c4)n3)cc12. The Balaban J connectivity index is 1.38. The molecule has 33 heavy (non-hydrogen) atoms. The second-order valence-electron chi connectivity index (χ2n) is 9.00. The number of hydrogen-bond acceptors (Lipinski definition) is 5. The Labute approximate surface area is 193 Å². The average Bonchev–Trinajstić information content (AvgIpc) is 3.46. The van der Waals surface area contributed by atoms with Crippen LogP contribution < -0.4 is 5.32 Å². The van der Waals surface area contributed by atoms with Gasteiger partial charge in [-0.1, -0.05) is 6.07 Å². The highest BCUT2D eigenvalue weighted by atomic mass is 16.3. The van der Waals surface area contributed by atoms with Gasteiger partial charge in [0.05, 0.1) is 6.10 Å². The molecule has 7 heteroatoms. The second-order valence-corrected chi connectivity index (χ2v) is 9.00. The van der Waals surface area contributed by atoms with E-state index in [-0.39, 0.29) is 11.9 Å². The molecule has 1 aliphatic rings. The summed E-state index contributed by atoms with van der Waals surface area (Å²) >= 11 is 0. The normalized spacial score (nSPS) is 16.5. The van der Waals surface area contributed by atoms with Gasteiger partial charge in [-0.05, 0) is 61.7 Å². The third kappa shape index (κ3) is 4.29. The lowest BCUT2D eigenvalue weighted by Crippen LogP contribution is -2.21. The molecular weight excluding hydrogens is 414 g/mol. The van der Waals surface area contributed by atoms with Crippen LogP contribution in [0.1, 0.15) is 34.8 Å². The van der Waals surface area contributed by atoms with Gasteiger partial charge in [-0.3, -0.25) is 9.69 Å². The van der Waals surface area contributed by atoms with Crippen LogP contribution in [-0.4, -0.2) is 49.1 Å². The fourth-order valence-electron chi connectivity index (χ4n) is 4.63. The van der Waals surface area contributed by atoms with Crippen LogP contribution in [0.15, 0.2) is 55.0 Å². The molecule has 0 radical (unpaired) electrons. The number of anilines is 2. The topological polar surface area (TPSA) is 75.3 Å². The Morgan fingerprint density at radius 2 is 2.06 bits per heavy atom. The zero-order chi connectivity index (χ0) is 23.1. The number of aliphatic hydroxyl groups is 1. The standard InChI is InChI=1S/C26H29N5O2/c1-17-12-31(14-19(17)13-30-10-9-21(33)15-30)26-6-4-5-25(28-26)27-20-7-8-24-22(11-20)23(18(2)32)16-29(24)3/h4-8,11-12,14,16,21,33H,9-10,13,15H2,1-3H3,(H,27,28)/t21-/m1/s1. The van der Waals surface area contributed by atoms with Gasteiger partial charge >= 0.3 is 0 Å². The van der Waals surface area contributed by atoms with Gasteiger partial charge in [0.25, 0.3) is 0 Å². The third-order valence-electron chi connectivity index (χ3n) is 6.42. The first-order chi connectivity index (χ1) is 15.9. The summed E-state index contributed by atoms with van der Waals surface area (Å²) in [7, 11) is 1.95. The van der Waals surface area contributed by atoms with Crippen molar-refractivity contribution in [1.29, 1.82) is 0 Å². The minimum absolute atomic E-state index is 0.0556. The van der Waals surface area contributed by atoms with Gasteiger partial charge in [0.2, 0.25) is 0 Å². The van der Waals surface area contributed by atoms with Crippen LogP contribution in [0.5, 0.6) is 0 Å². The van der Waals surface area contributed by atoms with E-state index in [0.717, 1.165) is 59.8 Å². The number of nitrogens with one attached hydrogen (secondary N) is 1. The van der Waals surface area contributed by atoms with Gasteiger partial charge in [0, 0.05) is 67.4 Å². The summed E-state index contributed by atoms with van der Waals surface area (Å²) in [5.41, 5.74) is 5.09. The summed E-state index contributed by atoms with van der Waals surface area (Å²) in [6.07, 6.45) is 6.74. The number of pyridine rings is 1. The molecule has 0 unspecified atom stereocenters. The summed E-state index contributed by atoms with van der Waals surface area (Å²) in [5.74, 6) is 1.63. The van der Waals surface area contributed by atoms with Gasteiger partial charge in [0.15, 0.2) is 5.78 Å². The number of nitrogens with zero attached hydrogens (tertiary/aromatic N) is 4. The van der Waals surface area contributed by atoms with Gasteiger partial charge in [-0.2, -0.15) is 0 Å². The van der Waals surface area contributed by atoms with E-state index in [9.17, 15) is 9.90 Å². The average molecular weight is 444 g/mol. The molecule has 4 heterocycles. The van der Waals surface area contributed by atoms with E-state index in [0.29, 0.717) is 0 Å². The van der Waals surface area contributed by atoms with E-state index >= 15 is 0 Å². The maximum absolute atomic E-state index is 12.0. The Bertz CT molecular complexity index is 1340. The molecule has 1 saturated heterocycles. The lowest BCUT2D eigenvalue weighted by atomic mass is 10.1. The number of aryl methyl sites for hydroxylation is 2. The fraction of sp³-hybridized carbons (Fsp3) is 0.308. The van der Waals surface area contributed by atoms with Crippen LogP contribution in [0.4, 0.5) is 11.5 Å². The second kappa shape index (κ2) is 8.50. The Kier molecular flexibility index (Phi) is 5.52. The van der Waals surface area contributed by atoms with Crippen molar-refractivity contribution in [3.63, 3.8) is 0 Å². The van der Waals surface area contributed by atoms with E-state index < -0.39 is 0 Å². The van der Waals surface area contributed by atoms with E-state index in [1.807, 2.05) is 54.2 Å². The molecule has 0 amide bonds. The number of aliphatic hydroxyl groups excluding tert-OH is 1. The molecule has 0 spiro atoms. The number of ketones is 1. The van der Waals surface area contributed by atoms with Gasteiger partial charge in [-0.25, -0.2) is 4.98 Å². The van der Waals surface area contributed by atoms with Crippen molar-refractivity contribution < 1.29 is 9.90 Å². The maximum atomic E-state index is 12.0. The van der Waals surface area contributed by atoms with Crippen LogP contribution in [-0.2, 0) is 13.6 Å². The number of β-amino-alcohol motifs (C(OH)–C–C–N with tert-alkyl or cyclic N) is 1. The molecule has 5 rings (SSSR count). The maximum Gasteiger partial charge on any atom is 0.161 e. The van der Waals surface area contributed by atoms with Crippen LogP contribution in [0, 0.1) is 6.92 Å². The number of rotatable bonds is 6. The molecule has 1 aliphatic heterocycles. The van der Waals surface area contributed by atoms with E-state index in [2.05, 4.69) is 34.1 Å². The minimum Gasteiger partial charge on any atom is -0.392 e. The van der Waals surface area contributed by atoms with Gasteiger partial charge in [0.1, 0.15) is 11.6 Å². The lowest BCUT2D eigenvalue weighted by molar-refractivity contribution is 0.101. The predicted molar refractivity (Wildman–Crippen MR) is 130 cm³/mol. The smallest absolute Gasteiger partial charge is 0.161 e. The first kappa shape index (κ1) is 21.4. The highest BCUT2D eigenvalue weighted by Gasteiger charge is 2.21. The van der Waals surface area contributed by atoms with Crippen molar-refractivity contribution in [2.45, 2.75) is 32.9 Å². The molecule has 1 aromatic carbocycles. The summed E-state index contributed by atoms with van der Waals surface area (Å²) in [5, 5.41) is 14.1. The highest BCUT2D eigenvalue weighted by Crippen LogP contribution is 2.27. The molecular formula is C26H29N5O2. The molecule has 1 fully saturated rings. The van der Waals surface area contributed by atoms with E-state index in [4.69, 9.17) is 4.98 Å². The third-order valence-corrected chi connectivity index (χ3v) is 6.42. The molecule has 7 nitrogen and oxygen atoms in total. The molecule has 0 bridgehead atoms. The number of likely N-dealkylation sites (tertiary alicyclic amines) is 1. The van der Waals surface area contributed by atoms with Crippen LogP contribution in [0.2, 0.25) is 0 Å². The molecule has 4 aromatic rings. The Morgan fingerprint density at radius 3 is 2.82 bits per heavy atom. The molecule has 3 aromatic heterocycles. The van der Waals surface area contributed by atoms with Crippen LogP contribution >= 0.6 is 0 Å². The lowest BCUT2D eigenvalue weighted by Gasteiger charge is -2.14. The number of benzene rings is 1. The molecule has 0 saturated carbocycles. The number of aromatic nitrogens is 3. The Hall–Kier alpha value is -3.42. The van der Waals surface area contributed by atoms with Crippen molar-refractivity contribution in [2.75, 3.05) is 18.4 Å². The van der Waals surface area contributed by atoms with Crippen molar-refractivity contribution >= 4 is 28.2 Å². The predicted octanol–water partition coefficient (Wildman–Crippen LogP) is 4.19. The number of hydrogen-bond donors (Lipinski definition) is 2. The molecule has 1 atom stereocenters. The molecule has 170 valence electrons. The summed E-state index contributed by atoms with van der Waals surface area (Å²) < 4.78 is 4.03. The van der Waals surface area contributed by atoms with Gasteiger partial charge in [-0.15, -0.1) is 0 Å². The first-order valence-electron chi connectivity index (χ1n) is 11.3. The largest absolute Gasteiger partial charge is 0.392 e. The van der Waals surface area contributed by atoms with Gasteiger partial charge < -0.3 is 19.6 Å². The van der Waals surface area contributed by atoms with Crippen molar-refractivity contribution in [3.05, 3.63) is 71.7 Å². The molecule has 2 N–H and O–H groups in total. The monoisotopic (exact) mass is 443 g/mol. The van der Waals surface area contributed by atoms with E-state index in [1.54, 1.807) is 6.92 Å². The quantitative estimate of drug-likeness (QED) is 0.437. The van der Waals surface area contributed by atoms with Crippen LogP contribution in [0.3, 0.4) is 0 Å². The van der Waals surface area contributed by atoms with Crippen molar-refractivity contribution in [1.82, 2.24) is 19.0 Å². The summed E-state index contributed by atoms with van der Waals surface area (Å²) in [6.45, 7) is 6.21. The van der Waals surface area contributed by atoms with Crippen LogP contribution in [0.25, 0.3) is 16.7 Å².